The van der Waals surface area contributed by atoms with Crippen LogP contribution in [-0.2, 0) is 26.5 Å². The van der Waals surface area contributed by atoms with E-state index < -0.39 is 82.2 Å². The summed E-state index contributed by atoms with van der Waals surface area (Å²) in [5, 5.41) is 2.09. The van der Waals surface area contributed by atoms with E-state index in [4.69, 9.17) is 23.4 Å². The molecule has 0 saturated carbocycles. The molecule has 0 spiro atoms. The number of hydrogen-bond acceptors (Lipinski definition) is 2. The Hall–Kier alpha value is -7.23. The average molecular weight is 1390 g/mol. The van der Waals surface area contributed by atoms with Crippen LogP contribution in [0.2, 0.25) is 0 Å². The summed E-state index contributed by atoms with van der Waals surface area (Å²) < 4.78 is 105. The van der Waals surface area contributed by atoms with Crippen LogP contribution in [0.4, 0.5) is 0 Å². The van der Waals surface area contributed by atoms with E-state index in [1.807, 2.05) is 48.7 Å². The van der Waals surface area contributed by atoms with Gasteiger partial charge in [0.1, 0.15) is 0 Å². The summed E-state index contributed by atoms with van der Waals surface area (Å²) >= 11 is -3.06. The Kier molecular flexibility index (Phi) is 11.1. The number of fused-ring (bicyclic) bond motifs is 4. The van der Waals surface area contributed by atoms with Gasteiger partial charge in [0, 0.05) is 21.1 Å². The number of imidazole rings is 1. The van der Waals surface area contributed by atoms with E-state index in [1.165, 1.54) is 43.2 Å². The van der Waals surface area contributed by atoms with Crippen molar-refractivity contribution in [2.24, 2.45) is 0 Å². The first-order valence-corrected chi connectivity index (χ1v) is 30.5. The number of rotatable bonds is 10. The molecule has 12 rings (SSSR count). The summed E-state index contributed by atoms with van der Waals surface area (Å²) in [5.41, 5.74) is 12.4. The number of aromatic nitrogens is 4. The Morgan fingerprint density at radius 1 is 0.584 bits per heavy atom. The average Bonchev–Trinajstić information content (AvgIpc) is 2.13. The predicted molar refractivity (Wildman–Crippen MR) is 315 cm³/mol. The van der Waals surface area contributed by atoms with Gasteiger partial charge in [0.25, 0.3) is 6.33 Å². The second kappa shape index (κ2) is 21.0. The van der Waals surface area contributed by atoms with Crippen LogP contribution in [0.25, 0.3) is 72.3 Å². The third-order valence-electron chi connectivity index (χ3n) is 14.0. The molecule has 77 heavy (non-hydrogen) atoms. The normalized spacial score (nSPS) is 13.5. The number of ether oxygens (including phenoxy) is 1. The number of nitrogens with zero attached hydrogens (tertiary/aromatic N) is 4. The molecule has 3 aromatic heterocycles. The third kappa shape index (κ3) is 9.70. The van der Waals surface area contributed by atoms with Crippen molar-refractivity contribution >= 4 is 64.4 Å². The first-order chi connectivity index (χ1) is 40.9. The summed E-state index contributed by atoms with van der Waals surface area (Å²) in [7, 11) is 0. The van der Waals surface area contributed by atoms with Crippen molar-refractivity contribution in [1.29, 1.82) is 0 Å². The van der Waals surface area contributed by atoms with E-state index in [0.29, 0.717) is 28.2 Å². The molecule has 0 aliphatic heterocycles. The molecule has 0 unspecified atom stereocenters. The fourth-order valence-electron chi connectivity index (χ4n) is 10.9. The molecule has 9 aromatic carbocycles. The summed E-state index contributed by atoms with van der Waals surface area (Å²) in [4.78, 5) is 5.02. The van der Waals surface area contributed by atoms with E-state index in [0.717, 1.165) is 33.2 Å². The molecule has 0 saturated heterocycles. The Balaban J connectivity index is 0.00000784. The van der Waals surface area contributed by atoms with Gasteiger partial charge < -0.3 is 0 Å². The number of aryl methyl sites for hydroxylation is 6. The van der Waals surface area contributed by atoms with Gasteiger partial charge in [-0.2, -0.15) is 0 Å². The van der Waals surface area contributed by atoms with Crippen molar-refractivity contribution in [2.45, 2.75) is 67.7 Å². The van der Waals surface area contributed by atoms with Gasteiger partial charge >= 0.3 is 305 Å². The van der Waals surface area contributed by atoms with Crippen LogP contribution in [0, 0.1) is 60.0 Å². The van der Waals surface area contributed by atoms with Crippen molar-refractivity contribution in [2.75, 3.05) is 0 Å². The molecule has 0 bridgehead atoms. The Bertz CT molecular complexity index is 4590. The molecular formula is C70H59BiN4OPt-2. The van der Waals surface area contributed by atoms with Gasteiger partial charge in [0.2, 0.25) is 0 Å². The van der Waals surface area contributed by atoms with E-state index in [-0.39, 0.29) is 54.4 Å². The van der Waals surface area contributed by atoms with Crippen LogP contribution in [-0.4, -0.2) is 35.9 Å². The fourth-order valence-corrected chi connectivity index (χ4v) is 22.1. The standard InChI is InChI=1S/C52H37N4O.2C9H11.Bi.Pt/c1-52(2,3)38-30-31-53-50(32-38)56-46-25-11-10-22-44(46)45-29-28-41(34-49(45)56)57-40-21-14-20-39(33-40)54-35-55(48-27-13-12-26-47(48)54)51-42(36-16-6-4-7-17-36)23-15-24-43(51)37-18-8-5-9-19-37;2*1-7-4-8(2)6-9(3)5-7;;/h4-9,11-32H,1-3H3;2*4-5H,1-3H3;;/q-2;;;;/i4D,5D,6D,7D,8D,9D,16D,17D,18D,19D;;;;. The summed E-state index contributed by atoms with van der Waals surface area (Å²) in [6.45, 7) is 20.0. The first-order valence-electron chi connectivity index (χ1n) is 30.3. The van der Waals surface area contributed by atoms with Crippen LogP contribution in [0.5, 0.6) is 11.5 Å². The molecule has 0 aliphatic carbocycles. The molecule has 3 heterocycles. The first kappa shape index (κ1) is 40.9. The monoisotopic (exact) mass is 1390 g/mol. The minimum Gasteiger partial charge on any atom is -0.0666 e. The molecule has 0 amide bonds. The van der Waals surface area contributed by atoms with Crippen LogP contribution in [0.15, 0.2) is 194 Å². The van der Waals surface area contributed by atoms with Crippen LogP contribution >= 0.6 is 0 Å². The van der Waals surface area contributed by atoms with Gasteiger partial charge in [-0.1, -0.05) is 103 Å². The zero-order valence-electron chi connectivity index (χ0n) is 54.2. The minimum absolute atomic E-state index is 0. The van der Waals surface area contributed by atoms with Crippen molar-refractivity contribution in [3.63, 3.8) is 0 Å². The predicted octanol–water partition coefficient (Wildman–Crippen LogP) is 14.6. The Labute approximate surface area is 489 Å². The maximum atomic E-state index is 9.10. The Morgan fingerprint density at radius 3 is 1.81 bits per heavy atom. The second-order valence-corrected chi connectivity index (χ2v) is 28.7. The molecule has 0 N–H and O–H groups in total. The topological polar surface area (TPSA) is 35.9 Å². The quantitative estimate of drug-likeness (QED) is 0.0777. The molecule has 5 nitrogen and oxygen atoms in total. The van der Waals surface area contributed by atoms with Crippen molar-refractivity contribution in [1.82, 2.24) is 14.1 Å². The molecule has 0 radical (unpaired) electrons. The van der Waals surface area contributed by atoms with Crippen molar-refractivity contribution < 1.29 is 44.1 Å². The second-order valence-electron chi connectivity index (χ2n) is 20.6. The molecule has 0 aliphatic rings. The molecule has 0 fully saturated rings. The van der Waals surface area contributed by atoms with Gasteiger partial charge in [-0.15, -0.1) is 0 Å². The number of para-hydroxylation sites is 3. The maximum absolute atomic E-state index is 9.10. The zero-order valence-corrected chi connectivity index (χ0v) is 49.9. The zero-order chi connectivity index (χ0) is 61.1. The number of benzene rings is 9. The smallest absolute Gasteiger partial charge is 0.0666 e. The van der Waals surface area contributed by atoms with E-state index >= 15 is 0 Å². The molecule has 0 atom stereocenters. The van der Waals surface area contributed by atoms with E-state index in [1.54, 1.807) is 33.4 Å². The van der Waals surface area contributed by atoms with Crippen molar-refractivity contribution in [3.8, 4) is 50.9 Å². The summed E-state index contributed by atoms with van der Waals surface area (Å²) in [5.74, 6) is 1.55. The Morgan fingerprint density at radius 2 is 1.18 bits per heavy atom. The molecule has 12 aromatic rings. The molecule has 382 valence electrons. The molecule has 7 heteroatoms. The van der Waals surface area contributed by atoms with Gasteiger partial charge in [0.15, 0.2) is 0 Å². The van der Waals surface area contributed by atoms with Crippen LogP contribution in [0.1, 0.15) is 73.4 Å². The fraction of sp³-hybridized carbons (Fsp3) is 0.143. The summed E-state index contributed by atoms with van der Waals surface area (Å²) in [6, 6.07) is 44.2. The van der Waals surface area contributed by atoms with E-state index in [2.05, 4.69) is 146 Å². The number of hydrogen-bond donors (Lipinski definition) is 0. The van der Waals surface area contributed by atoms with Gasteiger partial charge in [-0.25, -0.2) is 0 Å². The molecular weight excluding hydrogens is 1320 g/mol. The number of pyridine rings is 1. The van der Waals surface area contributed by atoms with Gasteiger partial charge in [0.05, 0.1) is 30.4 Å². The van der Waals surface area contributed by atoms with Gasteiger partial charge in [-0.05, 0) is 22.3 Å². The van der Waals surface area contributed by atoms with Crippen LogP contribution < -0.4 is 19.1 Å². The van der Waals surface area contributed by atoms with Gasteiger partial charge in [-0.3, -0.25) is 4.57 Å². The SMILES string of the molecule is [2H]c1c([2H])c([2H])c(-c2cccc(-c3c([2H])c([2H])c([2H])c([2H])c3[2H])c2-[n+]2[c-]n(-c3[c-]c(Oc4[c-]c5c(cc4)c4c[c]([Bi]([c]6c(C)cc(C)cc6C)[c]6c(C)cc(C)cc6C)ccc4n5-c4cc(C(C)(C)C)ccn4)ccc3)c3ccccc32)c([2H])c1[2H].[Pt]. The van der Waals surface area contributed by atoms with Crippen LogP contribution in [0.3, 0.4) is 0 Å². The van der Waals surface area contributed by atoms with Crippen molar-refractivity contribution in [3.05, 3.63) is 251 Å². The minimum atomic E-state index is -3.06. The third-order valence-corrected chi connectivity index (χ3v) is 26.1. The van der Waals surface area contributed by atoms with E-state index in [9.17, 15) is 0 Å². The summed E-state index contributed by atoms with van der Waals surface area (Å²) in [6.07, 6.45) is 5.32.